The van der Waals surface area contributed by atoms with Gasteiger partial charge in [0.05, 0.1) is 10.2 Å². The predicted molar refractivity (Wildman–Crippen MR) is 75.4 cm³/mol. The molecule has 2 bridgehead atoms. The minimum absolute atomic E-state index is 0.0139. The third-order valence-electron chi connectivity index (χ3n) is 4.14. The monoisotopic (exact) mass is 273 g/mol. The van der Waals surface area contributed by atoms with Crippen molar-refractivity contribution < 1.29 is 4.79 Å². The fourth-order valence-electron chi connectivity index (χ4n) is 3.15. The minimum atomic E-state index is -0.0139. The topological polar surface area (TPSA) is 45.2 Å². The van der Waals surface area contributed by atoms with Crippen LogP contribution in [0.4, 0.5) is 0 Å². The summed E-state index contributed by atoms with van der Waals surface area (Å²) in [5.41, 5.74) is 0.911. The SMILES string of the molecule is O=C(NC1CN2CC[C@H]1C2)c1nc2ccccc2s1. The number of benzene rings is 1. The molecule has 2 aromatic rings. The number of hydrogen-bond donors (Lipinski definition) is 1. The average Bonchev–Trinajstić information content (AvgIpc) is 3.12. The van der Waals surface area contributed by atoms with Crippen LogP contribution in [0.25, 0.3) is 10.2 Å². The molecular weight excluding hydrogens is 258 g/mol. The second-order valence-corrected chi connectivity index (χ2v) is 6.41. The van der Waals surface area contributed by atoms with E-state index in [9.17, 15) is 4.79 Å². The number of carbonyl (C=O) groups excluding carboxylic acids is 1. The molecule has 2 saturated heterocycles. The lowest BCUT2D eigenvalue weighted by atomic mass is 10.0. The lowest BCUT2D eigenvalue weighted by molar-refractivity contribution is 0.0924. The van der Waals surface area contributed by atoms with Gasteiger partial charge in [0.15, 0.2) is 5.01 Å². The largest absolute Gasteiger partial charge is 0.346 e. The number of para-hydroxylation sites is 1. The van der Waals surface area contributed by atoms with Gasteiger partial charge in [0.25, 0.3) is 5.91 Å². The molecule has 2 unspecified atom stereocenters. The first-order chi connectivity index (χ1) is 9.29. The Kier molecular flexibility index (Phi) is 2.56. The van der Waals surface area contributed by atoms with Crippen LogP contribution in [0.5, 0.6) is 0 Å². The normalized spacial score (nSPS) is 28.9. The van der Waals surface area contributed by atoms with Gasteiger partial charge in [-0.15, -0.1) is 11.3 Å². The third kappa shape index (κ3) is 1.93. The molecule has 98 valence electrons. The molecule has 1 aromatic heterocycles. The number of nitrogens with one attached hydrogen (secondary N) is 1. The number of carbonyl (C=O) groups is 1. The van der Waals surface area contributed by atoms with Crippen LogP contribution < -0.4 is 5.32 Å². The smallest absolute Gasteiger partial charge is 0.280 e. The predicted octanol–water partition coefficient (Wildman–Crippen LogP) is 1.73. The van der Waals surface area contributed by atoms with Crippen molar-refractivity contribution in [3.05, 3.63) is 29.3 Å². The van der Waals surface area contributed by atoms with Gasteiger partial charge in [-0.1, -0.05) is 12.1 Å². The summed E-state index contributed by atoms with van der Waals surface area (Å²) in [4.78, 5) is 19.1. The van der Waals surface area contributed by atoms with Crippen LogP contribution in [0.1, 0.15) is 16.2 Å². The van der Waals surface area contributed by atoms with Gasteiger partial charge in [0.2, 0.25) is 0 Å². The fraction of sp³-hybridized carbons (Fsp3) is 0.429. The molecule has 0 aliphatic carbocycles. The van der Waals surface area contributed by atoms with Gasteiger partial charge in [0, 0.05) is 19.1 Å². The number of aromatic nitrogens is 1. The van der Waals surface area contributed by atoms with Crippen LogP contribution >= 0.6 is 11.3 Å². The number of hydrogen-bond acceptors (Lipinski definition) is 4. The summed E-state index contributed by atoms with van der Waals surface area (Å²) in [7, 11) is 0. The Balaban J connectivity index is 1.53. The van der Waals surface area contributed by atoms with Gasteiger partial charge in [-0.25, -0.2) is 4.98 Å². The first-order valence-corrected chi connectivity index (χ1v) is 7.50. The molecule has 1 aromatic carbocycles. The molecule has 2 aliphatic heterocycles. The van der Waals surface area contributed by atoms with E-state index in [1.165, 1.54) is 24.3 Å². The van der Waals surface area contributed by atoms with E-state index in [2.05, 4.69) is 15.2 Å². The first-order valence-electron chi connectivity index (χ1n) is 6.68. The summed E-state index contributed by atoms with van der Waals surface area (Å²) in [5, 5.41) is 3.74. The Morgan fingerprint density at radius 1 is 1.37 bits per heavy atom. The van der Waals surface area contributed by atoms with E-state index in [0.717, 1.165) is 23.3 Å². The number of piperidine rings is 1. The van der Waals surface area contributed by atoms with Gasteiger partial charge in [0.1, 0.15) is 0 Å². The van der Waals surface area contributed by atoms with Crippen LogP contribution in [0.3, 0.4) is 0 Å². The first kappa shape index (κ1) is 11.4. The average molecular weight is 273 g/mol. The zero-order chi connectivity index (χ0) is 12.8. The highest BCUT2D eigenvalue weighted by Gasteiger charge is 2.38. The molecule has 0 spiro atoms. The van der Waals surface area contributed by atoms with Crippen molar-refractivity contribution in [2.45, 2.75) is 12.5 Å². The maximum Gasteiger partial charge on any atom is 0.280 e. The van der Waals surface area contributed by atoms with Crippen molar-refractivity contribution in [1.29, 1.82) is 0 Å². The van der Waals surface area contributed by atoms with E-state index in [-0.39, 0.29) is 5.91 Å². The van der Waals surface area contributed by atoms with Gasteiger partial charge in [-0.2, -0.15) is 0 Å². The van der Waals surface area contributed by atoms with Crippen molar-refractivity contribution in [3.8, 4) is 0 Å². The van der Waals surface area contributed by atoms with E-state index in [1.807, 2.05) is 24.3 Å². The second kappa shape index (κ2) is 4.28. The summed E-state index contributed by atoms with van der Waals surface area (Å²) in [6.07, 6.45) is 1.21. The highest BCUT2D eigenvalue weighted by atomic mass is 32.1. The van der Waals surface area contributed by atoms with Crippen molar-refractivity contribution in [1.82, 2.24) is 15.2 Å². The molecule has 1 N–H and O–H groups in total. The zero-order valence-electron chi connectivity index (χ0n) is 10.5. The lowest BCUT2D eigenvalue weighted by Crippen LogP contribution is -2.43. The summed E-state index contributed by atoms with van der Waals surface area (Å²) in [5.74, 6) is 0.623. The standard InChI is InChI=1S/C14H15N3OS/c18-13(15-11-8-17-6-5-9(11)7-17)14-16-10-3-1-2-4-12(10)19-14/h1-4,9,11H,5-8H2,(H,15,18)/t9-,11?/m0/s1. The lowest BCUT2D eigenvalue weighted by Gasteiger charge is -2.22. The van der Waals surface area contributed by atoms with Crippen LogP contribution in [0.15, 0.2) is 24.3 Å². The van der Waals surface area contributed by atoms with E-state index in [4.69, 9.17) is 0 Å². The van der Waals surface area contributed by atoms with Gasteiger partial charge in [-0.3, -0.25) is 4.79 Å². The van der Waals surface area contributed by atoms with Crippen molar-refractivity contribution in [3.63, 3.8) is 0 Å². The van der Waals surface area contributed by atoms with Crippen LogP contribution in [-0.4, -0.2) is 41.5 Å². The Hall–Kier alpha value is -1.46. The van der Waals surface area contributed by atoms with Crippen molar-refractivity contribution in [2.75, 3.05) is 19.6 Å². The number of amides is 1. The van der Waals surface area contributed by atoms with E-state index >= 15 is 0 Å². The molecule has 2 fully saturated rings. The molecule has 0 radical (unpaired) electrons. The van der Waals surface area contributed by atoms with E-state index in [1.54, 1.807) is 0 Å². The maximum atomic E-state index is 12.3. The Labute approximate surface area is 115 Å². The highest BCUT2D eigenvalue weighted by Crippen LogP contribution is 2.28. The molecular formula is C14H15N3OS. The molecule has 1 amide bonds. The molecule has 5 heteroatoms. The summed E-state index contributed by atoms with van der Waals surface area (Å²) < 4.78 is 1.07. The summed E-state index contributed by atoms with van der Waals surface area (Å²) in [6.45, 7) is 3.34. The number of fused-ring (bicyclic) bond motifs is 3. The molecule has 19 heavy (non-hydrogen) atoms. The zero-order valence-corrected chi connectivity index (χ0v) is 11.3. The molecule has 4 nitrogen and oxygen atoms in total. The number of thiazole rings is 1. The van der Waals surface area contributed by atoms with Crippen LogP contribution in [0.2, 0.25) is 0 Å². The third-order valence-corrected chi connectivity index (χ3v) is 5.17. The van der Waals surface area contributed by atoms with Gasteiger partial charge < -0.3 is 10.2 Å². The van der Waals surface area contributed by atoms with Crippen LogP contribution in [0, 0.1) is 5.92 Å². The summed E-state index contributed by atoms with van der Waals surface area (Å²) in [6, 6.07) is 8.20. The van der Waals surface area contributed by atoms with Crippen molar-refractivity contribution >= 4 is 27.5 Å². The highest BCUT2D eigenvalue weighted by molar-refractivity contribution is 7.20. The minimum Gasteiger partial charge on any atom is -0.346 e. The second-order valence-electron chi connectivity index (χ2n) is 5.38. The van der Waals surface area contributed by atoms with Crippen molar-refractivity contribution in [2.24, 2.45) is 5.92 Å². The molecule has 4 rings (SSSR count). The molecule has 3 atom stereocenters. The fourth-order valence-corrected chi connectivity index (χ4v) is 4.02. The molecule has 2 aliphatic rings. The van der Waals surface area contributed by atoms with Gasteiger partial charge >= 0.3 is 0 Å². The summed E-state index contributed by atoms with van der Waals surface area (Å²) >= 11 is 1.47. The molecule has 3 heterocycles. The molecule has 0 saturated carbocycles. The Morgan fingerprint density at radius 3 is 3.00 bits per heavy atom. The Bertz CT molecular complexity index is 605. The Morgan fingerprint density at radius 2 is 2.26 bits per heavy atom. The van der Waals surface area contributed by atoms with E-state index in [0.29, 0.717) is 17.0 Å². The maximum absolute atomic E-state index is 12.3. The van der Waals surface area contributed by atoms with E-state index < -0.39 is 0 Å². The number of nitrogens with zero attached hydrogens (tertiary/aromatic N) is 2. The van der Waals surface area contributed by atoms with Crippen LogP contribution in [-0.2, 0) is 0 Å². The quantitative estimate of drug-likeness (QED) is 0.906. The number of rotatable bonds is 2. The van der Waals surface area contributed by atoms with Gasteiger partial charge in [-0.05, 0) is 31.0 Å².